The predicted molar refractivity (Wildman–Crippen MR) is 99.4 cm³/mol. The Hall–Kier alpha value is -2.72. The fourth-order valence-corrected chi connectivity index (χ4v) is 3.07. The van der Waals surface area contributed by atoms with Crippen LogP contribution in [0.1, 0.15) is 18.5 Å². The molecule has 11 heteroatoms. The third kappa shape index (κ3) is 4.39. The zero-order valence-corrected chi connectivity index (χ0v) is 15.8. The van der Waals surface area contributed by atoms with Gasteiger partial charge in [0.1, 0.15) is 17.4 Å². The number of carbonyl (C=O) groups is 1. The number of alkyl halides is 3. The Bertz CT molecular complexity index is 1060. The summed E-state index contributed by atoms with van der Waals surface area (Å²) in [4.78, 5) is 28.6. The SMILES string of the molecule is CC(C(=O)Nc1ccc(C(F)(F)F)cc1)n1nc(-c2csc(Cl)n2)ccc1=O. The number of hydrogen-bond acceptors (Lipinski definition) is 5. The molecule has 6 nitrogen and oxygen atoms in total. The Morgan fingerprint density at radius 3 is 2.43 bits per heavy atom. The quantitative estimate of drug-likeness (QED) is 0.674. The molecule has 3 aromatic rings. The highest BCUT2D eigenvalue weighted by atomic mass is 35.5. The summed E-state index contributed by atoms with van der Waals surface area (Å²) in [6.45, 7) is 1.45. The molecule has 2 aromatic heterocycles. The van der Waals surface area contributed by atoms with E-state index in [0.717, 1.165) is 28.9 Å². The highest BCUT2D eigenvalue weighted by Crippen LogP contribution is 2.30. The monoisotopic (exact) mass is 428 g/mol. The van der Waals surface area contributed by atoms with Crippen LogP contribution < -0.4 is 10.9 Å². The minimum Gasteiger partial charge on any atom is -0.324 e. The predicted octanol–water partition coefficient (Wildman–Crippen LogP) is 4.24. The number of thiazole rings is 1. The van der Waals surface area contributed by atoms with Gasteiger partial charge in [0.2, 0.25) is 5.91 Å². The minimum absolute atomic E-state index is 0.167. The van der Waals surface area contributed by atoms with E-state index < -0.39 is 29.2 Å². The van der Waals surface area contributed by atoms with Crippen molar-refractivity contribution in [2.75, 3.05) is 5.32 Å². The number of amides is 1. The first-order chi connectivity index (χ1) is 13.1. The van der Waals surface area contributed by atoms with E-state index in [2.05, 4.69) is 15.4 Å². The third-order valence-corrected chi connectivity index (χ3v) is 4.77. The summed E-state index contributed by atoms with van der Waals surface area (Å²) in [5, 5.41) is 8.27. The zero-order valence-electron chi connectivity index (χ0n) is 14.2. The third-order valence-electron chi connectivity index (χ3n) is 3.79. The number of carbonyl (C=O) groups excluding carboxylic acids is 1. The van der Waals surface area contributed by atoms with Gasteiger partial charge in [-0.2, -0.15) is 18.3 Å². The zero-order chi connectivity index (χ0) is 20.5. The van der Waals surface area contributed by atoms with Crippen LogP contribution in [0.3, 0.4) is 0 Å². The summed E-state index contributed by atoms with van der Waals surface area (Å²) in [6, 6.07) is 5.69. The van der Waals surface area contributed by atoms with Crippen LogP contribution in [-0.2, 0) is 11.0 Å². The van der Waals surface area contributed by atoms with Crippen LogP contribution in [0.4, 0.5) is 18.9 Å². The number of nitrogens with zero attached hydrogens (tertiary/aromatic N) is 3. The van der Waals surface area contributed by atoms with Gasteiger partial charge in [-0.15, -0.1) is 11.3 Å². The standard InChI is InChI=1S/C17H12ClF3N4O2S/c1-9(15(27)22-11-4-2-10(3-5-11)17(19,20)21)25-14(26)7-6-12(24-25)13-8-28-16(18)23-13/h2-9H,1H3,(H,22,27). The van der Waals surface area contributed by atoms with Gasteiger partial charge >= 0.3 is 6.18 Å². The van der Waals surface area contributed by atoms with Crippen molar-refractivity contribution in [2.24, 2.45) is 0 Å². The van der Waals surface area contributed by atoms with Crippen LogP contribution in [0.2, 0.25) is 4.47 Å². The lowest BCUT2D eigenvalue weighted by atomic mass is 10.2. The van der Waals surface area contributed by atoms with Gasteiger partial charge in [0.15, 0.2) is 4.47 Å². The second kappa shape index (κ2) is 7.72. The van der Waals surface area contributed by atoms with Gasteiger partial charge in [0.25, 0.3) is 5.56 Å². The topological polar surface area (TPSA) is 76.9 Å². The van der Waals surface area contributed by atoms with Crippen molar-refractivity contribution < 1.29 is 18.0 Å². The molecule has 0 aliphatic carbocycles. The van der Waals surface area contributed by atoms with Crippen molar-refractivity contribution in [3.8, 4) is 11.4 Å². The van der Waals surface area contributed by atoms with Crippen LogP contribution in [-0.4, -0.2) is 20.7 Å². The van der Waals surface area contributed by atoms with E-state index in [0.29, 0.717) is 15.9 Å². The first kappa shape index (κ1) is 20.0. The lowest BCUT2D eigenvalue weighted by Crippen LogP contribution is -2.33. The van der Waals surface area contributed by atoms with Crippen molar-refractivity contribution in [2.45, 2.75) is 19.1 Å². The normalized spacial score (nSPS) is 12.6. The highest BCUT2D eigenvalue weighted by Gasteiger charge is 2.30. The molecule has 3 rings (SSSR count). The Morgan fingerprint density at radius 1 is 1.18 bits per heavy atom. The summed E-state index contributed by atoms with van der Waals surface area (Å²) >= 11 is 7.00. The average Bonchev–Trinajstić information content (AvgIpc) is 3.07. The Kier molecular flexibility index (Phi) is 5.52. The summed E-state index contributed by atoms with van der Waals surface area (Å²) in [5.74, 6) is -0.609. The van der Waals surface area contributed by atoms with Crippen molar-refractivity contribution in [3.05, 3.63) is 62.2 Å². The molecule has 0 radical (unpaired) electrons. The van der Waals surface area contributed by atoms with Crippen LogP contribution in [0.25, 0.3) is 11.4 Å². The highest BCUT2D eigenvalue weighted by molar-refractivity contribution is 7.14. The maximum absolute atomic E-state index is 12.6. The summed E-state index contributed by atoms with van der Waals surface area (Å²) in [7, 11) is 0. The van der Waals surface area contributed by atoms with Gasteiger partial charge in [0, 0.05) is 17.1 Å². The van der Waals surface area contributed by atoms with Gasteiger partial charge < -0.3 is 5.32 Å². The molecule has 28 heavy (non-hydrogen) atoms. The number of aromatic nitrogens is 3. The second-order valence-corrected chi connectivity index (χ2v) is 7.17. The van der Waals surface area contributed by atoms with E-state index in [1.54, 1.807) is 5.38 Å². The maximum atomic E-state index is 12.6. The lowest BCUT2D eigenvalue weighted by Gasteiger charge is -2.15. The molecule has 0 bridgehead atoms. The van der Waals surface area contributed by atoms with E-state index >= 15 is 0 Å². The first-order valence-corrected chi connectivity index (χ1v) is 9.10. The molecule has 1 N–H and O–H groups in total. The van der Waals surface area contributed by atoms with E-state index in [1.807, 2.05) is 0 Å². The van der Waals surface area contributed by atoms with Gasteiger partial charge in [-0.1, -0.05) is 11.6 Å². The smallest absolute Gasteiger partial charge is 0.324 e. The number of anilines is 1. The Balaban J connectivity index is 1.80. The van der Waals surface area contributed by atoms with E-state index in [9.17, 15) is 22.8 Å². The van der Waals surface area contributed by atoms with Crippen molar-refractivity contribution >= 4 is 34.5 Å². The molecule has 0 fully saturated rings. The molecule has 0 aliphatic rings. The van der Waals surface area contributed by atoms with E-state index in [4.69, 9.17) is 11.6 Å². The van der Waals surface area contributed by atoms with Crippen LogP contribution in [0.5, 0.6) is 0 Å². The molecule has 0 aliphatic heterocycles. The van der Waals surface area contributed by atoms with E-state index in [1.165, 1.54) is 30.4 Å². The van der Waals surface area contributed by atoms with E-state index in [-0.39, 0.29) is 5.69 Å². The summed E-state index contributed by atoms with van der Waals surface area (Å²) < 4.78 is 39.1. The van der Waals surface area contributed by atoms with Crippen molar-refractivity contribution in [1.82, 2.24) is 14.8 Å². The van der Waals surface area contributed by atoms with Crippen molar-refractivity contribution in [1.29, 1.82) is 0 Å². The lowest BCUT2D eigenvalue weighted by molar-refractivity contribution is -0.137. The number of benzene rings is 1. The fraction of sp³-hybridized carbons (Fsp3) is 0.176. The molecule has 146 valence electrons. The van der Waals surface area contributed by atoms with Gasteiger partial charge in [-0.3, -0.25) is 9.59 Å². The minimum atomic E-state index is -4.47. The molecule has 1 unspecified atom stereocenters. The fourth-order valence-electron chi connectivity index (χ4n) is 2.31. The largest absolute Gasteiger partial charge is 0.416 e. The first-order valence-electron chi connectivity index (χ1n) is 7.84. The van der Waals surface area contributed by atoms with Crippen LogP contribution in [0.15, 0.2) is 46.6 Å². The molecule has 1 amide bonds. The molecule has 1 aromatic carbocycles. The Labute approximate surface area is 165 Å². The van der Waals surface area contributed by atoms with Crippen LogP contribution >= 0.6 is 22.9 Å². The van der Waals surface area contributed by atoms with Gasteiger partial charge in [0.05, 0.1) is 5.56 Å². The summed E-state index contributed by atoms with van der Waals surface area (Å²) in [6.07, 6.45) is -4.47. The molecule has 1 atom stereocenters. The number of nitrogens with one attached hydrogen (secondary N) is 1. The second-order valence-electron chi connectivity index (χ2n) is 5.73. The Morgan fingerprint density at radius 2 is 1.86 bits per heavy atom. The van der Waals surface area contributed by atoms with Crippen LogP contribution in [0, 0.1) is 0 Å². The summed E-state index contributed by atoms with van der Waals surface area (Å²) in [5.41, 5.74) is -0.359. The number of rotatable bonds is 4. The van der Waals surface area contributed by atoms with Crippen molar-refractivity contribution in [3.63, 3.8) is 0 Å². The maximum Gasteiger partial charge on any atom is 0.416 e. The molecule has 2 heterocycles. The molecular formula is C17H12ClF3N4O2S. The molecule has 0 saturated heterocycles. The van der Waals surface area contributed by atoms with Gasteiger partial charge in [-0.25, -0.2) is 9.67 Å². The average molecular weight is 429 g/mol. The molecule has 0 saturated carbocycles. The van der Waals surface area contributed by atoms with Gasteiger partial charge in [-0.05, 0) is 37.3 Å². The molecule has 0 spiro atoms. The number of halogens is 4. The molecular weight excluding hydrogens is 417 g/mol. The number of hydrogen-bond donors (Lipinski definition) is 1.